The summed E-state index contributed by atoms with van der Waals surface area (Å²) in [6, 6.07) is 13.8. The second-order valence-electron chi connectivity index (χ2n) is 7.69. The lowest BCUT2D eigenvalue weighted by Crippen LogP contribution is -2.31. The van der Waals surface area contributed by atoms with Crippen molar-refractivity contribution in [3.05, 3.63) is 95.1 Å². The number of rotatable bonds is 5. The van der Waals surface area contributed by atoms with Crippen LogP contribution in [0.2, 0.25) is 0 Å². The third kappa shape index (κ3) is 3.98. The lowest BCUT2D eigenvalue weighted by Gasteiger charge is -2.24. The third-order valence-electron chi connectivity index (χ3n) is 5.42. The molecular formula is C24H17F4N5O. The van der Waals surface area contributed by atoms with E-state index in [-0.39, 0.29) is 28.2 Å². The molecule has 0 aliphatic heterocycles. The highest BCUT2D eigenvalue weighted by Gasteiger charge is 2.36. The number of aromatic amines is 1. The Morgan fingerprint density at radius 3 is 2.59 bits per heavy atom. The van der Waals surface area contributed by atoms with E-state index in [1.165, 1.54) is 18.3 Å². The number of fused-ring (bicyclic) bond motifs is 2. The van der Waals surface area contributed by atoms with Crippen molar-refractivity contribution < 1.29 is 17.6 Å². The number of nitrogens with zero attached hydrogens (tertiary/aromatic N) is 3. The zero-order chi connectivity index (χ0) is 23.9. The number of aromatic nitrogens is 4. The highest BCUT2D eigenvalue weighted by Crippen LogP contribution is 2.34. The lowest BCUT2D eigenvalue weighted by atomic mass is 10.1. The molecule has 0 aliphatic rings. The van der Waals surface area contributed by atoms with Crippen molar-refractivity contribution in [1.82, 2.24) is 19.5 Å². The highest BCUT2D eigenvalue weighted by molar-refractivity contribution is 5.89. The quantitative estimate of drug-likeness (QED) is 0.335. The summed E-state index contributed by atoms with van der Waals surface area (Å²) in [5.74, 6) is -0.813. The Morgan fingerprint density at radius 2 is 1.82 bits per heavy atom. The fraction of sp³-hybridized carbons (Fsp3) is 0.125. The first-order chi connectivity index (χ1) is 16.3. The average molecular weight is 467 g/mol. The number of pyridine rings is 1. The minimum atomic E-state index is -4.60. The summed E-state index contributed by atoms with van der Waals surface area (Å²) >= 11 is 0. The number of para-hydroxylation sites is 1. The SMILES string of the molecule is O=c1c2c(F)cccc2nc([C@H](CC(F)(F)F)Nc2nccc3[nH]ccc23)n1-c1ccccc1. The summed E-state index contributed by atoms with van der Waals surface area (Å²) in [6.07, 6.45) is -2.83. The first-order valence-corrected chi connectivity index (χ1v) is 10.3. The summed E-state index contributed by atoms with van der Waals surface area (Å²) in [5.41, 5.74) is 0.110. The standard InChI is InChI=1S/C24H17F4N5O/c25-16-7-4-8-18-20(16)23(34)33(14-5-2-1-3-6-14)22(32-18)19(13-24(26,27)28)31-21-15-9-11-29-17(15)10-12-30-21/h1-12,19,29H,13H2,(H,30,31)/t19-/m0/s1. The predicted molar refractivity (Wildman–Crippen MR) is 120 cm³/mol. The van der Waals surface area contributed by atoms with Gasteiger partial charge in [-0.1, -0.05) is 24.3 Å². The fourth-order valence-electron chi connectivity index (χ4n) is 3.97. The first-order valence-electron chi connectivity index (χ1n) is 10.3. The van der Waals surface area contributed by atoms with Crippen LogP contribution in [0.1, 0.15) is 18.3 Å². The molecule has 0 fully saturated rings. The zero-order valence-corrected chi connectivity index (χ0v) is 17.5. The molecule has 2 N–H and O–H groups in total. The Bertz CT molecular complexity index is 1540. The number of hydrogen-bond donors (Lipinski definition) is 2. The lowest BCUT2D eigenvalue weighted by molar-refractivity contribution is -0.137. The van der Waals surface area contributed by atoms with Gasteiger partial charge in [-0.25, -0.2) is 14.4 Å². The van der Waals surface area contributed by atoms with Crippen LogP contribution in [0, 0.1) is 5.82 Å². The topological polar surface area (TPSA) is 75.6 Å². The Kier molecular flexibility index (Phi) is 5.27. The molecule has 2 aromatic carbocycles. The second-order valence-corrected chi connectivity index (χ2v) is 7.69. The normalized spacial score (nSPS) is 12.8. The van der Waals surface area contributed by atoms with Crippen LogP contribution in [-0.2, 0) is 0 Å². The van der Waals surface area contributed by atoms with E-state index in [0.29, 0.717) is 10.9 Å². The van der Waals surface area contributed by atoms with Crippen LogP contribution in [0.25, 0.3) is 27.5 Å². The van der Waals surface area contributed by atoms with E-state index < -0.39 is 30.0 Å². The van der Waals surface area contributed by atoms with Gasteiger partial charge in [0, 0.05) is 17.8 Å². The molecule has 5 rings (SSSR count). The molecule has 0 saturated carbocycles. The molecule has 0 spiro atoms. The number of anilines is 1. The van der Waals surface area contributed by atoms with Crippen LogP contribution in [0.3, 0.4) is 0 Å². The van der Waals surface area contributed by atoms with Crippen molar-refractivity contribution in [3.8, 4) is 5.69 Å². The van der Waals surface area contributed by atoms with Crippen molar-refractivity contribution in [2.75, 3.05) is 5.32 Å². The van der Waals surface area contributed by atoms with Crippen LogP contribution in [-0.4, -0.2) is 25.7 Å². The molecule has 0 amide bonds. The maximum Gasteiger partial charge on any atom is 0.391 e. The summed E-state index contributed by atoms with van der Waals surface area (Å²) in [7, 11) is 0. The van der Waals surface area contributed by atoms with Gasteiger partial charge in [0.1, 0.15) is 22.8 Å². The zero-order valence-electron chi connectivity index (χ0n) is 17.5. The predicted octanol–water partition coefficient (Wildman–Crippen LogP) is 5.51. The Labute approximate surface area is 189 Å². The maximum absolute atomic E-state index is 14.6. The molecule has 0 radical (unpaired) electrons. The molecule has 3 heterocycles. The molecule has 3 aromatic heterocycles. The van der Waals surface area contributed by atoms with Crippen molar-refractivity contribution in [1.29, 1.82) is 0 Å². The van der Waals surface area contributed by atoms with E-state index in [4.69, 9.17) is 0 Å². The third-order valence-corrected chi connectivity index (χ3v) is 5.42. The largest absolute Gasteiger partial charge is 0.391 e. The summed E-state index contributed by atoms with van der Waals surface area (Å²) in [5, 5.41) is 3.11. The molecule has 1 atom stereocenters. The first kappa shape index (κ1) is 21.6. The maximum atomic E-state index is 14.6. The molecule has 172 valence electrons. The van der Waals surface area contributed by atoms with E-state index >= 15 is 0 Å². The number of nitrogens with one attached hydrogen (secondary N) is 2. The second kappa shape index (κ2) is 8.29. The minimum absolute atomic E-state index is 0.0334. The Hall–Kier alpha value is -4.21. The van der Waals surface area contributed by atoms with Gasteiger partial charge in [0.05, 0.1) is 29.2 Å². The van der Waals surface area contributed by atoms with Crippen LogP contribution in [0.5, 0.6) is 0 Å². The number of halogens is 4. The van der Waals surface area contributed by atoms with Crippen molar-refractivity contribution in [3.63, 3.8) is 0 Å². The van der Waals surface area contributed by atoms with Gasteiger partial charge < -0.3 is 10.3 Å². The molecular weight excluding hydrogens is 450 g/mol. The minimum Gasteiger partial charge on any atom is -0.361 e. The Morgan fingerprint density at radius 1 is 1.03 bits per heavy atom. The van der Waals surface area contributed by atoms with E-state index in [1.54, 1.807) is 48.7 Å². The summed E-state index contributed by atoms with van der Waals surface area (Å²) in [6.45, 7) is 0. The van der Waals surface area contributed by atoms with E-state index in [1.807, 2.05) is 0 Å². The van der Waals surface area contributed by atoms with Crippen molar-refractivity contribution >= 4 is 27.6 Å². The van der Waals surface area contributed by atoms with Crippen molar-refractivity contribution in [2.24, 2.45) is 0 Å². The summed E-state index contributed by atoms with van der Waals surface area (Å²) < 4.78 is 56.7. The van der Waals surface area contributed by atoms with Crippen LogP contribution in [0.15, 0.2) is 77.9 Å². The molecule has 0 bridgehead atoms. The molecule has 0 saturated heterocycles. The number of H-pyrrole nitrogens is 1. The van der Waals surface area contributed by atoms with Crippen LogP contribution < -0.4 is 10.9 Å². The van der Waals surface area contributed by atoms with Gasteiger partial charge in [0.15, 0.2) is 0 Å². The molecule has 0 aliphatic carbocycles. The van der Waals surface area contributed by atoms with Gasteiger partial charge in [-0.2, -0.15) is 13.2 Å². The van der Waals surface area contributed by atoms with Gasteiger partial charge in [-0.3, -0.25) is 9.36 Å². The smallest absolute Gasteiger partial charge is 0.361 e. The number of alkyl halides is 3. The van der Waals surface area contributed by atoms with Gasteiger partial charge in [-0.15, -0.1) is 0 Å². The van der Waals surface area contributed by atoms with E-state index in [0.717, 1.165) is 10.6 Å². The molecule has 0 unspecified atom stereocenters. The van der Waals surface area contributed by atoms with Crippen LogP contribution in [0.4, 0.5) is 23.4 Å². The highest BCUT2D eigenvalue weighted by atomic mass is 19.4. The number of benzene rings is 2. The average Bonchev–Trinajstić information content (AvgIpc) is 3.28. The van der Waals surface area contributed by atoms with Gasteiger partial charge in [0.25, 0.3) is 5.56 Å². The molecule has 10 heteroatoms. The van der Waals surface area contributed by atoms with E-state index in [9.17, 15) is 22.4 Å². The molecule has 5 aromatic rings. The van der Waals surface area contributed by atoms with Crippen LogP contribution >= 0.6 is 0 Å². The molecule has 34 heavy (non-hydrogen) atoms. The molecule has 6 nitrogen and oxygen atoms in total. The Balaban J connectivity index is 1.77. The fourth-order valence-corrected chi connectivity index (χ4v) is 3.97. The van der Waals surface area contributed by atoms with Crippen molar-refractivity contribution in [2.45, 2.75) is 18.6 Å². The van der Waals surface area contributed by atoms with E-state index in [2.05, 4.69) is 20.3 Å². The van der Waals surface area contributed by atoms with Gasteiger partial charge in [-0.05, 0) is 36.4 Å². The number of hydrogen-bond acceptors (Lipinski definition) is 4. The van der Waals surface area contributed by atoms with Gasteiger partial charge >= 0.3 is 6.18 Å². The summed E-state index contributed by atoms with van der Waals surface area (Å²) in [4.78, 5) is 24.9. The van der Waals surface area contributed by atoms with Gasteiger partial charge in [0.2, 0.25) is 0 Å². The monoisotopic (exact) mass is 467 g/mol.